The van der Waals surface area contributed by atoms with E-state index >= 15 is 0 Å². The Labute approximate surface area is 116 Å². The van der Waals surface area contributed by atoms with Gasteiger partial charge in [-0.15, -0.1) is 4.72 Å². The number of nitrogens with one attached hydrogen (secondary N) is 1. The van der Waals surface area contributed by atoms with E-state index in [1.165, 1.54) is 12.1 Å². The summed E-state index contributed by atoms with van der Waals surface area (Å²) in [5, 5.41) is 0. The molecule has 108 valence electrons. The van der Waals surface area contributed by atoms with Crippen molar-refractivity contribution in [1.29, 1.82) is 0 Å². The third-order valence-electron chi connectivity index (χ3n) is 2.70. The van der Waals surface area contributed by atoms with E-state index in [9.17, 15) is 13.3 Å². The molecule has 1 rings (SSSR count). The minimum Gasteiger partial charge on any atom is -0.598 e. The average Bonchev–Trinajstić information content (AvgIpc) is 2.21. The predicted molar refractivity (Wildman–Crippen MR) is 75.0 cm³/mol. The molecule has 5 heteroatoms. The summed E-state index contributed by atoms with van der Waals surface area (Å²) in [5.41, 5.74) is 0.477. The molecule has 0 radical (unpaired) electrons. The number of halogens is 2. The van der Waals surface area contributed by atoms with Gasteiger partial charge in [-0.25, -0.2) is 8.78 Å². The Morgan fingerprint density at radius 3 is 1.95 bits per heavy atom. The Kier molecular flexibility index (Phi) is 5.35. The molecule has 2 nitrogen and oxygen atoms in total. The Morgan fingerprint density at radius 2 is 1.58 bits per heavy atom. The van der Waals surface area contributed by atoms with Crippen LogP contribution < -0.4 is 4.72 Å². The minimum absolute atomic E-state index is 0.0625. The molecule has 1 N–H and O–H groups in total. The number of hydrogen-bond acceptors (Lipinski definition) is 2. The Bertz CT molecular complexity index is 412. The highest BCUT2D eigenvalue weighted by Crippen LogP contribution is 2.26. The second-order valence-corrected chi connectivity index (χ2v) is 7.92. The maximum absolute atomic E-state index is 13.3. The number of benzene rings is 1. The van der Waals surface area contributed by atoms with Crippen molar-refractivity contribution in [2.24, 2.45) is 5.92 Å². The molecule has 19 heavy (non-hydrogen) atoms. The first kappa shape index (κ1) is 16.4. The molecule has 0 bridgehead atoms. The maximum atomic E-state index is 13.3. The van der Waals surface area contributed by atoms with E-state index in [1.54, 1.807) is 0 Å². The lowest BCUT2D eigenvalue weighted by atomic mass is 9.97. The highest BCUT2D eigenvalue weighted by Gasteiger charge is 2.31. The van der Waals surface area contributed by atoms with Crippen molar-refractivity contribution < 1.29 is 13.3 Å². The standard InChI is InChI=1S/C14H21F2NOS/c1-9(2)13(17-19(18)14(3,4)5)10-6-11(15)8-12(16)7-10/h6-9,13,17H,1-5H3/t13-,19+/m0/s1. The molecule has 0 saturated heterocycles. The largest absolute Gasteiger partial charge is 0.598 e. The second-order valence-electron chi connectivity index (χ2n) is 5.92. The van der Waals surface area contributed by atoms with Gasteiger partial charge in [0.25, 0.3) is 0 Å². The molecule has 0 amide bonds. The van der Waals surface area contributed by atoms with Gasteiger partial charge in [-0.05, 0) is 44.4 Å². The summed E-state index contributed by atoms with van der Waals surface area (Å²) in [7, 11) is 0. The molecular formula is C14H21F2NOS. The first-order valence-electron chi connectivity index (χ1n) is 6.25. The zero-order chi connectivity index (χ0) is 14.8. The molecule has 2 atom stereocenters. The summed E-state index contributed by atoms with van der Waals surface area (Å²) in [5.74, 6) is -1.18. The lowest BCUT2D eigenvalue weighted by molar-refractivity contribution is 0.447. The van der Waals surface area contributed by atoms with Crippen molar-refractivity contribution in [3.8, 4) is 0 Å². The lowest BCUT2D eigenvalue weighted by Gasteiger charge is -2.30. The van der Waals surface area contributed by atoms with Crippen LogP contribution in [-0.4, -0.2) is 9.30 Å². The van der Waals surface area contributed by atoms with Gasteiger partial charge in [0.2, 0.25) is 0 Å². The van der Waals surface area contributed by atoms with Gasteiger partial charge in [-0.1, -0.05) is 13.8 Å². The molecule has 0 unspecified atom stereocenters. The molecule has 0 aromatic heterocycles. The van der Waals surface area contributed by atoms with Gasteiger partial charge < -0.3 is 4.55 Å². The zero-order valence-electron chi connectivity index (χ0n) is 12.0. The molecule has 0 aliphatic heterocycles. The fourth-order valence-electron chi connectivity index (χ4n) is 1.64. The summed E-state index contributed by atoms with van der Waals surface area (Å²) in [6, 6.07) is 3.04. The Hall–Kier alpha value is -0.650. The first-order chi connectivity index (χ1) is 8.61. The fraction of sp³-hybridized carbons (Fsp3) is 0.571. The van der Waals surface area contributed by atoms with Gasteiger partial charge in [0.1, 0.15) is 16.4 Å². The van der Waals surface area contributed by atoms with E-state index in [1.807, 2.05) is 34.6 Å². The lowest BCUT2D eigenvalue weighted by Crippen LogP contribution is -2.42. The molecule has 0 fully saturated rings. The zero-order valence-corrected chi connectivity index (χ0v) is 12.8. The average molecular weight is 289 g/mol. The summed E-state index contributed by atoms with van der Waals surface area (Å²) in [4.78, 5) is 0. The molecule has 0 spiro atoms. The van der Waals surface area contributed by atoms with Crippen molar-refractivity contribution in [2.75, 3.05) is 0 Å². The van der Waals surface area contributed by atoms with Gasteiger partial charge >= 0.3 is 0 Å². The van der Waals surface area contributed by atoms with Crippen LogP contribution in [0.5, 0.6) is 0 Å². The van der Waals surface area contributed by atoms with Crippen LogP contribution in [-0.2, 0) is 11.4 Å². The smallest absolute Gasteiger partial charge is 0.136 e. The van der Waals surface area contributed by atoms with Gasteiger partial charge in [0, 0.05) is 17.4 Å². The minimum atomic E-state index is -1.30. The quantitative estimate of drug-likeness (QED) is 0.858. The van der Waals surface area contributed by atoms with Gasteiger partial charge in [0.15, 0.2) is 0 Å². The maximum Gasteiger partial charge on any atom is 0.136 e. The first-order valence-corrected chi connectivity index (χ1v) is 7.40. The Morgan fingerprint density at radius 1 is 1.11 bits per heavy atom. The van der Waals surface area contributed by atoms with Crippen molar-refractivity contribution in [3.63, 3.8) is 0 Å². The summed E-state index contributed by atoms with van der Waals surface area (Å²) < 4.78 is 41.2. The van der Waals surface area contributed by atoms with E-state index < -0.39 is 27.7 Å². The third kappa shape index (κ3) is 4.75. The van der Waals surface area contributed by atoms with Gasteiger partial charge in [0.05, 0.1) is 6.04 Å². The van der Waals surface area contributed by atoms with Crippen molar-refractivity contribution in [1.82, 2.24) is 4.72 Å². The Balaban J connectivity index is 3.01. The molecule has 1 aromatic rings. The van der Waals surface area contributed by atoms with Crippen LogP contribution in [0.3, 0.4) is 0 Å². The topological polar surface area (TPSA) is 35.1 Å². The highest BCUT2D eigenvalue weighted by molar-refractivity contribution is 7.90. The van der Waals surface area contributed by atoms with E-state index in [0.29, 0.717) is 5.56 Å². The summed E-state index contributed by atoms with van der Waals surface area (Å²) >= 11 is -1.30. The highest BCUT2D eigenvalue weighted by atomic mass is 32.2. The third-order valence-corrected chi connectivity index (χ3v) is 4.28. The molecule has 0 aliphatic rings. The van der Waals surface area contributed by atoms with E-state index in [4.69, 9.17) is 0 Å². The van der Waals surface area contributed by atoms with E-state index in [-0.39, 0.29) is 12.0 Å². The van der Waals surface area contributed by atoms with Crippen LogP contribution in [0.2, 0.25) is 0 Å². The molecule has 0 saturated carbocycles. The summed E-state index contributed by atoms with van der Waals surface area (Å²) in [6.07, 6.45) is 0. The van der Waals surface area contributed by atoms with Crippen LogP contribution in [0.1, 0.15) is 46.2 Å². The van der Waals surface area contributed by atoms with Crippen LogP contribution >= 0.6 is 0 Å². The van der Waals surface area contributed by atoms with Crippen LogP contribution in [0, 0.1) is 17.6 Å². The SMILES string of the molecule is CC(C)[C@H](N[S@+]([O-])C(C)(C)C)c1cc(F)cc(F)c1. The van der Waals surface area contributed by atoms with Crippen LogP contribution in [0.25, 0.3) is 0 Å². The summed E-state index contributed by atoms with van der Waals surface area (Å²) in [6.45, 7) is 9.37. The van der Waals surface area contributed by atoms with Gasteiger partial charge in [-0.2, -0.15) is 0 Å². The monoisotopic (exact) mass is 289 g/mol. The second kappa shape index (κ2) is 6.20. The molecular weight excluding hydrogens is 268 g/mol. The normalized spacial score (nSPS) is 15.6. The van der Waals surface area contributed by atoms with Crippen molar-refractivity contribution in [2.45, 2.75) is 45.4 Å². The number of rotatable bonds is 4. The van der Waals surface area contributed by atoms with Gasteiger partial charge in [-0.3, -0.25) is 0 Å². The van der Waals surface area contributed by atoms with Crippen molar-refractivity contribution >= 4 is 11.4 Å². The van der Waals surface area contributed by atoms with Crippen LogP contribution in [0.15, 0.2) is 18.2 Å². The fourth-order valence-corrected chi connectivity index (χ4v) is 2.63. The predicted octanol–water partition coefficient (Wildman–Crippen LogP) is 3.71. The van der Waals surface area contributed by atoms with E-state index in [2.05, 4.69) is 4.72 Å². The van der Waals surface area contributed by atoms with Crippen LogP contribution in [0.4, 0.5) is 8.78 Å². The number of hydrogen-bond donors (Lipinski definition) is 1. The molecule has 0 aliphatic carbocycles. The molecule has 0 heterocycles. The van der Waals surface area contributed by atoms with E-state index in [0.717, 1.165) is 6.07 Å². The van der Waals surface area contributed by atoms with Crippen molar-refractivity contribution in [3.05, 3.63) is 35.4 Å². The molecule has 1 aromatic carbocycles.